The van der Waals surface area contributed by atoms with Crippen LogP contribution in [0.3, 0.4) is 0 Å². The van der Waals surface area contributed by atoms with Gasteiger partial charge in [0.2, 0.25) is 35.7 Å². The van der Waals surface area contributed by atoms with Crippen LogP contribution in [0.5, 0.6) is 0 Å². The number of rotatable bonds is 43. The summed E-state index contributed by atoms with van der Waals surface area (Å²) in [5.74, 6) is 6.18. The van der Waals surface area contributed by atoms with E-state index in [1.165, 1.54) is 38.5 Å². The van der Waals surface area contributed by atoms with Crippen LogP contribution in [0, 0.1) is 0 Å². The third-order valence-corrected chi connectivity index (χ3v) is 33.8. The smallest absolute Gasteiger partial charge is 0.337 e. The van der Waals surface area contributed by atoms with Crippen molar-refractivity contribution >= 4 is 53.5 Å². The monoisotopic (exact) mass is 1750 g/mol. The number of hydrogen-bond donors (Lipinski definition) is 0. The summed E-state index contributed by atoms with van der Waals surface area (Å²) < 4.78 is -0.169. The van der Waals surface area contributed by atoms with Crippen LogP contribution in [0.15, 0.2) is 0 Å². The molecule has 6 saturated heterocycles. The predicted octanol–water partition coefficient (Wildman–Crippen LogP) is 23.3. The molecular weight excluding hydrogens is 1560 g/mol. The van der Waals surface area contributed by atoms with Gasteiger partial charge in [-0.1, -0.05) is 132 Å². The van der Waals surface area contributed by atoms with Crippen LogP contribution in [0.1, 0.15) is 427 Å². The van der Waals surface area contributed by atoms with Crippen LogP contribution in [-0.4, -0.2) is 265 Å². The van der Waals surface area contributed by atoms with Crippen LogP contribution >= 0.6 is 0 Å². The van der Waals surface area contributed by atoms with Crippen molar-refractivity contribution in [3.8, 4) is 0 Å². The van der Waals surface area contributed by atoms with Crippen molar-refractivity contribution in [2.24, 2.45) is 0 Å². The fourth-order valence-corrected chi connectivity index (χ4v) is 24.4. The minimum absolute atomic E-state index is 0.0896. The van der Waals surface area contributed by atoms with Gasteiger partial charge < -0.3 is 29.4 Å². The Bertz CT molecular complexity index is 3200. The van der Waals surface area contributed by atoms with E-state index in [0.717, 1.165) is 248 Å². The molecule has 22 heteroatoms. The Morgan fingerprint density at radius 2 is 0.341 bits per heavy atom. The van der Waals surface area contributed by atoms with Gasteiger partial charge in [-0.05, 0) is 337 Å². The van der Waals surface area contributed by atoms with Gasteiger partial charge in [-0.3, -0.25) is 29.4 Å². The molecule has 0 bridgehead atoms. The first-order valence-corrected chi connectivity index (χ1v) is 51.8. The molecule has 0 aliphatic carbocycles. The van der Waals surface area contributed by atoms with Crippen LogP contribution in [0.2, 0.25) is 0 Å². The molecule has 9 rings (SSSR count). The summed E-state index contributed by atoms with van der Waals surface area (Å²) in [6.07, 6.45) is 33.6. The first-order chi connectivity index (χ1) is 58.5. The lowest BCUT2D eigenvalue weighted by Crippen LogP contribution is -2.63. The second-order valence-electron chi connectivity index (χ2n) is 48.8. The normalized spacial score (nSPS) is 23.2. The third-order valence-electron chi connectivity index (χ3n) is 33.8. The van der Waals surface area contributed by atoms with Gasteiger partial charge in [-0.25, -0.2) is 0 Å². The molecule has 6 fully saturated rings. The molecule has 22 nitrogen and oxygen atoms in total. The van der Waals surface area contributed by atoms with Gasteiger partial charge in [-0.15, -0.1) is 34.4 Å². The van der Waals surface area contributed by atoms with Gasteiger partial charge in [0.05, 0.1) is 0 Å². The fourth-order valence-electron chi connectivity index (χ4n) is 24.4. The molecule has 0 aromatic carbocycles. The number of likely N-dealkylation sites (tertiary alicyclic amines) is 6. The highest BCUT2D eigenvalue weighted by Gasteiger charge is 2.56. The molecule has 3 aromatic rings. The standard InChI is InChI=1S/C104H197N22/c1-38-45-52-53-54-55-56-57-58-65-126(90-108-84(120(59-46-39-2)78-66-93(8,9)114(32)94(10,11)67-78)105-85(109-90)121(60-47-40-3)79-68-95(12,13)115(33)96(14,15)69-79,91-110-86(122(61-48-41-4)80-70-97(16,17)116(34)98(18,19)71-80)106-87(111-91)123(62-49-42-5)81-72-99(20,21)117(35)100(22,23)73-81)92-112-88(124(63-50-43-6)82-74-101(24,25)118(36)102(26,27)75-82)107-89(113-92)125(64-51-44-7)83-76-103(28,29)119(37)104(30,31)77-83/h78-83H,38-77H2,1-37H3/q+1. The molecule has 126 heavy (non-hydrogen) atoms. The third kappa shape index (κ3) is 23.8. The van der Waals surface area contributed by atoms with Crippen LogP contribution in [0.25, 0.3) is 0 Å². The van der Waals surface area contributed by atoms with Gasteiger partial charge in [0.15, 0.2) is 0 Å². The van der Waals surface area contributed by atoms with Crippen molar-refractivity contribution in [3.05, 3.63) is 0 Å². The van der Waals surface area contributed by atoms with E-state index in [1.54, 1.807) is 0 Å². The van der Waals surface area contributed by atoms with Crippen molar-refractivity contribution < 1.29 is 0 Å². The number of hydrogen-bond acceptors (Lipinski definition) is 21. The molecule has 0 amide bonds. The van der Waals surface area contributed by atoms with E-state index in [9.17, 15) is 0 Å². The number of nitrogens with zero attached hydrogens (tertiary/aromatic N) is 22. The summed E-state index contributed by atoms with van der Waals surface area (Å²) in [7, 11) is 14.2. The summed E-state index contributed by atoms with van der Waals surface area (Å²) >= 11 is 0. The van der Waals surface area contributed by atoms with Crippen LogP contribution < -0.4 is 33.9 Å². The molecule has 6 aliphatic rings. The molecule has 0 saturated carbocycles. The predicted molar refractivity (Wildman–Crippen MR) is 540 cm³/mol. The molecule has 0 radical (unpaired) electrons. The van der Waals surface area contributed by atoms with E-state index in [4.69, 9.17) is 44.9 Å². The highest BCUT2D eigenvalue weighted by atomic mass is 15.6. The maximum absolute atomic E-state index is 6.63. The molecule has 0 unspecified atom stereocenters. The molecule has 9 heterocycles. The molecule has 3 aromatic heterocycles. The molecule has 722 valence electrons. The first kappa shape index (κ1) is 105. The van der Waals surface area contributed by atoms with Gasteiger partial charge in [0.1, 0.15) is 6.54 Å². The quantitative estimate of drug-likeness (QED) is 0.0389. The second-order valence-corrected chi connectivity index (χ2v) is 48.8. The van der Waals surface area contributed by atoms with Crippen molar-refractivity contribution in [1.29, 1.82) is 0 Å². The first-order valence-electron chi connectivity index (χ1n) is 51.8. The summed E-state index contributed by atoms with van der Waals surface area (Å²) in [5.41, 5.74) is -1.76. The maximum Gasteiger partial charge on any atom is 0.351 e. The second kappa shape index (κ2) is 41.6. The number of anilines is 6. The highest BCUT2D eigenvalue weighted by molar-refractivity contribution is 5.64. The lowest BCUT2D eigenvalue weighted by Gasteiger charge is -2.56. The van der Waals surface area contributed by atoms with Crippen molar-refractivity contribution in [2.45, 2.75) is 529 Å². The van der Waals surface area contributed by atoms with Crippen molar-refractivity contribution in [2.75, 3.05) is 117 Å². The minimum Gasteiger partial charge on any atom is -0.337 e. The molecule has 0 spiro atoms. The summed E-state index contributed by atoms with van der Waals surface area (Å²) in [6.45, 7) is 81.1. The zero-order valence-corrected chi connectivity index (χ0v) is 89.1. The maximum atomic E-state index is 6.63. The Labute approximate surface area is 774 Å². The van der Waals surface area contributed by atoms with E-state index in [2.05, 4.69) is 316 Å². The number of piperidine rings is 6. The Morgan fingerprint density at radius 3 is 0.484 bits per heavy atom. The summed E-state index contributed by atoms with van der Waals surface area (Å²) in [6, 6.07) is 0.538. The van der Waals surface area contributed by atoms with Gasteiger partial charge in [-0.2, -0.15) is 15.0 Å². The SMILES string of the molecule is CCCCCCCCCCC[N+](c1nc(N(CCCC)C2CC(C)(C)N(C)C(C)(C)C2)nc(N(CCCC)C2CC(C)(C)N(C)C(C)(C)C2)n1)(c1nc(N(CCCC)C2CC(C)(C)N(C)C(C)(C)C2)nc(N(CCCC)C2CC(C)(C)N(C)C(C)(C)C2)n1)c1nc(N(CCCC)C2CC(C)(C)N(C)C(C)(C)C2)nc(N(CCCC)C2CC(C)(C)N(C)C(C)(C)C2)n1. The summed E-state index contributed by atoms with van der Waals surface area (Å²) in [5, 5.41) is 0. The van der Waals surface area contributed by atoms with Crippen molar-refractivity contribution in [1.82, 2.24) is 78.7 Å². The van der Waals surface area contributed by atoms with Gasteiger partial charge in [0, 0.05) is 142 Å². The van der Waals surface area contributed by atoms with Crippen molar-refractivity contribution in [3.63, 3.8) is 0 Å². The molecule has 0 N–H and O–H groups in total. The lowest BCUT2D eigenvalue weighted by molar-refractivity contribution is -0.0135. The topological polar surface area (TPSA) is 155 Å². The molecule has 6 aliphatic heterocycles. The summed E-state index contributed by atoms with van der Waals surface area (Å²) in [4.78, 5) is 90.8. The molecular formula is C104H197N22+. The zero-order valence-electron chi connectivity index (χ0n) is 89.1. The van der Waals surface area contributed by atoms with Gasteiger partial charge >= 0.3 is 17.8 Å². The van der Waals surface area contributed by atoms with Gasteiger partial charge in [0.25, 0.3) is 0 Å². The Kier molecular flexibility index (Phi) is 34.7. The van der Waals surface area contributed by atoms with E-state index in [-0.39, 0.29) is 107 Å². The fraction of sp³-hybridized carbons (Fsp3) is 0.913. The van der Waals surface area contributed by atoms with E-state index in [1.807, 2.05) is 0 Å². The highest BCUT2D eigenvalue weighted by Crippen LogP contribution is 2.51. The largest absolute Gasteiger partial charge is 0.351 e. The number of unbranched alkanes of at least 4 members (excludes halogenated alkanes) is 14. The number of quaternary nitrogens is 1. The zero-order chi connectivity index (χ0) is 93.7. The van der Waals surface area contributed by atoms with E-state index in [0.29, 0.717) is 24.4 Å². The molecule has 0 atom stereocenters. The minimum atomic E-state index is -0.169. The number of aromatic nitrogens is 9. The lowest BCUT2D eigenvalue weighted by atomic mass is 9.77. The Morgan fingerprint density at radius 1 is 0.206 bits per heavy atom. The Balaban J connectivity index is 1.62. The van der Waals surface area contributed by atoms with E-state index >= 15 is 0 Å². The van der Waals surface area contributed by atoms with Crippen LogP contribution in [-0.2, 0) is 0 Å². The average molecular weight is 1760 g/mol. The van der Waals surface area contributed by atoms with E-state index < -0.39 is 0 Å². The Hall–Kier alpha value is -4.45. The average Bonchev–Trinajstić information content (AvgIpc) is 0.719. The van der Waals surface area contributed by atoms with Crippen LogP contribution in [0.4, 0.5) is 53.5 Å².